The van der Waals surface area contributed by atoms with Crippen LogP contribution in [0.1, 0.15) is 24.6 Å². The van der Waals surface area contributed by atoms with Crippen LogP contribution in [0.5, 0.6) is 11.5 Å². The Morgan fingerprint density at radius 3 is 2.58 bits per heavy atom. The van der Waals surface area contributed by atoms with Gasteiger partial charge in [-0.2, -0.15) is 0 Å². The molecule has 2 heterocycles. The normalized spacial score (nSPS) is 16.3. The number of methoxy groups -OCH3 is 2. The maximum atomic E-state index is 14.8. The quantitative estimate of drug-likeness (QED) is 0.821. The van der Waals surface area contributed by atoms with Crippen molar-refractivity contribution in [1.29, 1.82) is 0 Å². The molecule has 1 saturated heterocycles. The van der Waals surface area contributed by atoms with Gasteiger partial charge in [0, 0.05) is 11.3 Å². The number of nitrogens with two attached hydrogens (primary N) is 1. The number of halogens is 1. The molecule has 24 heavy (non-hydrogen) atoms. The van der Waals surface area contributed by atoms with Crippen LogP contribution < -0.4 is 15.2 Å². The van der Waals surface area contributed by atoms with E-state index in [1.54, 1.807) is 6.07 Å². The van der Waals surface area contributed by atoms with E-state index >= 15 is 0 Å². The van der Waals surface area contributed by atoms with Crippen molar-refractivity contribution < 1.29 is 13.9 Å². The number of rotatable bonds is 4. The zero-order valence-corrected chi connectivity index (χ0v) is 14.3. The van der Waals surface area contributed by atoms with Crippen molar-refractivity contribution in [3.05, 3.63) is 17.7 Å². The molecule has 0 bridgehead atoms. The summed E-state index contributed by atoms with van der Waals surface area (Å²) < 4.78 is 25.1. The summed E-state index contributed by atoms with van der Waals surface area (Å²) >= 11 is 0. The van der Waals surface area contributed by atoms with Crippen LogP contribution in [0, 0.1) is 5.82 Å². The monoisotopic (exact) mass is 330 g/mol. The van der Waals surface area contributed by atoms with Crippen molar-refractivity contribution >= 4 is 31.8 Å². The van der Waals surface area contributed by atoms with Crippen LogP contribution in [-0.4, -0.2) is 57.1 Å². The van der Waals surface area contributed by atoms with Gasteiger partial charge < -0.3 is 20.0 Å². The van der Waals surface area contributed by atoms with Crippen molar-refractivity contribution in [3.8, 4) is 11.5 Å². The number of benzene rings is 1. The Morgan fingerprint density at radius 2 is 2.00 bits per heavy atom. The molecule has 0 atom stereocenters. The molecular formula is C15H21B2FN4O2. The van der Waals surface area contributed by atoms with Gasteiger partial charge in [0.25, 0.3) is 0 Å². The third-order valence-electron chi connectivity index (χ3n) is 4.72. The number of hydrogen-bond acceptors (Lipinski definition) is 6. The SMILES string of the molecule is BBN1CCC(c2nc(N)c3cc(OC)c(OC)c(F)c3n2)CC1. The maximum absolute atomic E-state index is 14.8. The fraction of sp³-hybridized carbons (Fsp3) is 0.467. The molecule has 1 aliphatic rings. The zero-order chi connectivity index (χ0) is 17.3. The molecular weight excluding hydrogens is 309 g/mol. The van der Waals surface area contributed by atoms with Gasteiger partial charge >= 0.3 is 0 Å². The second kappa shape index (κ2) is 6.84. The Kier molecular flexibility index (Phi) is 4.80. The molecule has 6 nitrogen and oxygen atoms in total. The highest BCUT2D eigenvalue weighted by Gasteiger charge is 2.25. The predicted molar refractivity (Wildman–Crippen MR) is 96.3 cm³/mol. The summed E-state index contributed by atoms with van der Waals surface area (Å²) in [5.74, 6) is 0.839. The molecule has 0 amide bonds. The number of anilines is 1. The molecule has 2 aromatic rings. The Hall–Kier alpha value is -2.02. The van der Waals surface area contributed by atoms with E-state index in [4.69, 9.17) is 15.2 Å². The van der Waals surface area contributed by atoms with Crippen molar-refractivity contribution in [3.63, 3.8) is 0 Å². The third-order valence-corrected chi connectivity index (χ3v) is 4.72. The van der Waals surface area contributed by atoms with Crippen LogP contribution >= 0.6 is 0 Å². The van der Waals surface area contributed by atoms with E-state index < -0.39 is 5.82 Å². The summed E-state index contributed by atoms with van der Waals surface area (Å²) in [5, 5.41) is 0.444. The first-order chi connectivity index (χ1) is 11.6. The first-order valence-corrected chi connectivity index (χ1v) is 8.19. The molecule has 1 aromatic carbocycles. The number of hydrogen-bond donors (Lipinski definition) is 1. The number of piperidine rings is 1. The fourth-order valence-corrected chi connectivity index (χ4v) is 3.26. The highest BCUT2D eigenvalue weighted by Crippen LogP contribution is 2.38. The summed E-state index contributed by atoms with van der Waals surface area (Å²) in [6.45, 7) is 1.99. The molecule has 0 spiro atoms. The summed E-state index contributed by atoms with van der Waals surface area (Å²) in [5.41, 5.74) is 6.26. The molecule has 126 valence electrons. The highest BCUT2D eigenvalue weighted by molar-refractivity contribution is 6.87. The largest absolute Gasteiger partial charge is 0.493 e. The van der Waals surface area contributed by atoms with E-state index in [-0.39, 0.29) is 28.8 Å². The summed E-state index contributed by atoms with van der Waals surface area (Å²) in [6.07, 6.45) is 1.90. The average Bonchev–Trinajstić information content (AvgIpc) is 2.62. The summed E-state index contributed by atoms with van der Waals surface area (Å²) in [4.78, 5) is 11.3. The molecule has 0 unspecified atom stereocenters. The molecule has 0 radical (unpaired) electrons. The van der Waals surface area contributed by atoms with Gasteiger partial charge in [0.15, 0.2) is 24.6 Å². The minimum atomic E-state index is -0.562. The molecule has 1 aromatic heterocycles. The number of nitrogens with zero attached hydrogens (tertiary/aromatic N) is 3. The van der Waals surface area contributed by atoms with Crippen molar-refractivity contribution in [2.24, 2.45) is 0 Å². The summed E-state index contributed by atoms with van der Waals surface area (Å²) in [7, 11) is 6.05. The Bertz CT molecular complexity index is 754. The third kappa shape index (κ3) is 2.88. The lowest BCUT2D eigenvalue weighted by Gasteiger charge is -2.30. The summed E-state index contributed by atoms with van der Waals surface area (Å²) in [6, 6.07) is 1.62. The maximum Gasteiger partial charge on any atom is 0.199 e. The predicted octanol–water partition coefficient (Wildman–Crippen LogP) is 0.447. The Balaban J connectivity index is 2.05. The van der Waals surface area contributed by atoms with Crippen molar-refractivity contribution in [2.45, 2.75) is 18.8 Å². The van der Waals surface area contributed by atoms with Crippen LogP contribution in [0.4, 0.5) is 10.2 Å². The van der Waals surface area contributed by atoms with Crippen LogP contribution in [0.15, 0.2) is 6.07 Å². The van der Waals surface area contributed by atoms with Crippen LogP contribution in [0.25, 0.3) is 10.9 Å². The van der Waals surface area contributed by atoms with Crippen molar-refractivity contribution in [1.82, 2.24) is 14.8 Å². The van der Waals surface area contributed by atoms with Gasteiger partial charge in [-0.3, -0.25) is 0 Å². The van der Waals surface area contributed by atoms with E-state index in [0.29, 0.717) is 11.2 Å². The molecule has 1 aliphatic heterocycles. The minimum absolute atomic E-state index is 0.0369. The second-order valence-electron chi connectivity index (χ2n) is 6.00. The van der Waals surface area contributed by atoms with Crippen molar-refractivity contribution in [2.75, 3.05) is 33.0 Å². The van der Waals surface area contributed by atoms with E-state index in [2.05, 4.69) is 22.5 Å². The van der Waals surface area contributed by atoms with Gasteiger partial charge in [-0.15, -0.1) is 0 Å². The number of ether oxygens (including phenoxy) is 2. The first-order valence-electron chi connectivity index (χ1n) is 8.19. The number of nitrogen functional groups attached to an aromatic ring is 1. The second-order valence-corrected chi connectivity index (χ2v) is 6.00. The fourth-order valence-electron chi connectivity index (χ4n) is 3.26. The lowest BCUT2D eigenvalue weighted by Crippen LogP contribution is -2.36. The molecule has 2 N–H and O–H groups in total. The zero-order valence-electron chi connectivity index (χ0n) is 14.3. The van der Waals surface area contributed by atoms with Gasteiger partial charge in [-0.1, -0.05) is 0 Å². The van der Waals surface area contributed by atoms with E-state index in [1.165, 1.54) is 14.2 Å². The van der Waals surface area contributed by atoms with Gasteiger partial charge in [0.1, 0.15) is 17.2 Å². The molecule has 9 heteroatoms. The van der Waals surface area contributed by atoms with Crippen LogP contribution in [-0.2, 0) is 0 Å². The molecule has 1 fully saturated rings. The van der Waals surface area contributed by atoms with Gasteiger partial charge in [-0.05, 0) is 32.0 Å². The van der Waals surface area contributed by atoms with Gasteiger partial charge in [0.2, 0.25) is 0 Å². The minimum Gasteiger partial charge on any atom is -0.493 e. The van der Waals surface area contributed by atoms with E-state index in [9.17, 15) is 4.39 Å². The number of fused-ring (bicyclic) bond motifs is 1. The van der Waals surface area contributed by atoms with E-state index in [1.807, 2.05) is 0 Å². The molecule has 3 rings (SSSR count). The Labute approximate surface area is 142 Å². The lowest BCUT2D eigenvalue weighted by atomic mass is 9.64. The van der Waals surface area contributed by atoms with Gasteiger partial charge in [-0.25, -0.2) is 14.4 Å². The first kappa shape index (κ1) is 16.8. The average molecular weight is 330 g/mol. The Morgan fingerprint density at radius 1 is 1.29 bits per heavy atom. The standard InChI is InChI=1S/C15H21B2FN4O2/c1-23-10-7-9-12(11(18)13(10)24-2)20-15(21-14(9)19)8-3-5-22(17-16)6-4-8/h7-8,17H,3-6,16H2,1-2H3,(H2,19,20,21). The van der Waals surface area contributed by atoms with Crippen LogP contribution in [0.3, 0.4) is 0 Å². The highest BCUT2D eigenvalue weighted by atomic mass is 19.1. The lowest BCUT2D eigenvalue weighted by molar-refractivity contribution is 0.325. The van der Waals surface area contributed by atoms with Gasteiger partial charge in [0.05, 0.1) is 22.0 Å². The van der Waals surface area contributed by atoms with E-state index in [0.717, 1.165) is 33.2 Å². The smallest absolute Gasteiger partial charge is 0.199 e. The molecule has 0 aliphatic carbocycles. The molecule has 0 saturated carbocycles. The van der Waals surface area contributed by atoms with Crippen LogP contribution in [0.2, 0.25) is 0 Å². The topological polar surface area (TPSA) is 73.5 Å². The number of aromatic nitrogens is 2.